The summed E-state index contributed by atoms with van der Waals surface area (Å²) in [6, 6.07) is 5.73. The van der Waals surface area contributed by atoms with Gasteiger partial charge in [0.1, 0.15) is 5.75 Å². The molecule has 0 bridgehead atoms. The first kappa shape index (κ1) is 16.8. The number of benzene rings is 1. The van der Waals surface area contributed by atoms with E-state index in [0.29, 0.717) is 12.0 Å². The summed E-state index contributed by atoms with van der Waals surface area (Å²) >= 11 is 0. The van der Waals surface area contributed by atoms with Gasteiger partial charge in [0.15, 0.2) is 0 Å². The Morgan fingerprint density at radius 1 is 1.35 bits per heavy atom. The zero-order chi connectivity index (χ0) is 15.4. The fraction of sp³-hybridized carbons (Fsp3) is 0.500. The van der Waals surface area contributed by atoms with Crippen LogP contribution in [0.25, 0.3) is 0 Å². The van der Waals surface area contributed by atoms with Crippen LogP contribution in [0, 0.1) is 0 Å². The van der Waals surface area contributed by atoms with Crippen LogP contribution in [0.3, 0.4) is 0 Å². The highest BCUT2D eigenvalue weighted by atomic mass is 32.2. The summed E-state index contributed by atoms with van der Waals surface area (Å²) in [7, 11) is -5.62. The van der Waals surface area contributed by atoms with Crippen LogP contribution in [-0.2, 0) is 16.5 Å². The van der Waals surface area contributed by atoms with Gasteiger partial charge in [-0.05, 0) is 37.6 Å². The van der Waals surface area contributed by atoms with Gasteiger partial charge in [0.05, 0.1) is 0 Å². The van der Waals surface area contributed by atoms with E-state index in [1.165, 1.54) is 18.2 Å². The highest BCUT2D eigenvalue weighted by molar-refractivity contribution is 7.87. The third kappa shape index (κ3) is 4.68. The molecule has 20 heavy (non-hydrogen) atoms. The monoisotopic (exact) mass is 311 g/mol. The number of nitrogens with one attached hydrogen (secondary N) is 1. The lowest BCUT2D eigenvalue weighted by Gasteiger charge is -2.13. The van der Waals surface area contributed by atoms with Crippen molar-refractivity contribution in [3.05, 3.63) is 29.8 Å². The predicted octanol–water partition coefficient (Wildman–Crippen LogP) is 2.46. The van der Waals surface area contributed by atoms with Crippen LogP contribution in [0.5, 0.6) is 5.75 Å². The lowest BCUT2D eigenvalue weighted by Crippen LogP contribution is -2.28. The molecule has 1 atom stereocenters. The zero-order valence-electron chi connectivity index (χ0n) is 11.1. The average Bonchev–Trinajstić information content (AvgIpc) is 2.27. The summed E-state index contributed by atoms with van der Waals surface area (Å²) in [5, 5.41) is 3.15. The Hall–Kier alpha value is -1.28. The van der Waals surface area contributed by atoms with Crippen LogP contribution in [-0.4, -0.2) is 26.5 Å². The molecular formula is C12H16F3NO3S. The highest BCUT2D eigenvalue weighted by Crippen LogP contribution is 2.27. The van der Waals surface area contributed by atoms with Gasteiger partial charge in [-0.2, -0.15) is 21.6 Å². The normalized spacial score (nSPS) is 14.1. The van der Waals surface area contributed by atoms with Crippen molar-refractivity contribution in [3.63, 3.8) is 0 Å². The number of hydrogen-bond donors (Lipinski definition) is 1. The summed E-state index contributed by atoms with van der Waals surface area (Å²) in [6.45, 7) is 4.62. The number of alkyl halides is 3. The maximum Gasteiger partial charge on any atom is 0.534 e. The molecule has 1 rings (SSSR count). The quantitative estimate of drug-likeness (QED) is 0.648. The second kappa shape index (κ2) is 6.45. The van der Waals surface area contributed by atoms with E-state index < -0.39 is 15.6 Å². The molecule has 1 unspecified atom stereocenters. The molecular weight excluding hydrogens is 295 g/mol. The largest absolute Gasteiger partial charge is 0.534 e. The number of halogens is 3. The molecule has 0 amide bonds. The van der Waals surface area contributed by atoms with Crippen molar-refractivity contribution in [3.8, 4) is 5.75 Å². The van der Waals surface area contributed by atoms with Gasteiger partial charge < -0.3 is 9.50 Å². The summed E-state index contributed by atoms with van der Waals surface area (Å²) in [6.07, 6.45) is 0.553. The zero-order valence-corrected chi connectivity index (χ0v) is 11.9. The second-order valence-electron chi connectivity index (χ2n) is 4.29. The molecule has 8 heteroatoms. The minimum atomic E-state index is -5.62. The van der Waals surface area contributed by atoms with E-state index in [9.17, 15) is 21.6 Å². The van der Waals surface area contributed by atoms with Crippen molar-refractivity contribution in [2.75, 3.05) is 6.54 Å². The molecule has 0 aliphatic heterocycles. The van der Waals surface area contributed by atoms with Crippen molar-refractivity contribution in [1.29, 1.82) is 0 Å². The second-order valence-corrected chi connectivity index (χ2v) is 5.83. The van der Waals surface area contributed by atoms with E-state index in [-0.39, 0.29) is 11.8 Å². The summed E-state index contributed by atoms with van der Waals surface area (Å²) in [5.41, 5.74) is -4.74. The van der Waals surface area contributed by atoms with E-state index in [1.54, 1.807) is 6.07 Å². The van der Waals surface area contributed by atoms with E-state index in [0.717, 1.165) is 6.54 Å². The number of hydrogen-bond acceptors (Lipinski definition) is 4. The minimum Gasteiger partial charge on any atom is -0.376 e. The standard InChI is InChI=1S/C12H16F3NO3S/c1-3-16-9(2)7-10-5-4-6-11(8-10)19-20(17,18)12(13,14)15/h4-6,8-9,16H,3,7H2,1-2H3. The molecule has 0 aliphatic carbocycles. The molecule has 0 saturated carbocycles. The minimum absolute atomic E-state index is 0.120. The van der Waals surface area contributed by atoms with E-state index in [2.05, 4.69) is 9.50 Å². The molecule has 4 nitrogen and oxygen atoms in total. The van der Waals surface area contributed by atoms with Crippen molar-refractivity contribution >= 4 is 10.1 Å². The fourth-order valence-electron chi connectivity index (χ4n) is 1.67. The Bertz CT molecular complexity index is 543. The van der Waals surface area contributed by atoms with Gasteiger partial charge in [0, 0.05) is 6.04 Å². The van der Waals surface area contributed by atoms with Crippen molar-refractivity contribution in [2.45, 2.75) is 31.8 Å². The molecule has 0 aromatic heterocycles. The molecule has 0 saturated heterocycles. The lowest BCUT2D eigenvalue weighted by atomic mass is 10.1. The Labute approximate surface area is 116 Å². The van der Waals surface area contributed by atoms with Gasteiger partial charge in [-0.1, -0.05) is 19.1 Å². The molecule has 114 valence electrons. The average molecular weight is 311 g/mol. The molecule has 0 radical (unpaired) electrons. The Kier molecular flexibility index (Phi) is 5.41. The first-order chi connectivity index (χ1) is 9.15. The third-order valence-electron chi connectivity index (χ3n) is 2.48. The summed E-state index contributed by atoms with van der Waals surface area (Å²) in [4.78, 5) is 0. The van der Waals surface area contributed by atoms with Crippen LogP contribution < -0.4 is 9.50 Å². The predicted molar refractivity (Wildman–Crippen MR) is 68.9 cm³/mol. The van der Waals surface area contributed by atoms with Crippen molar-refractivity contribution < 1.29 is 25.8 Å². The van der Waals surface area contributed by atoms with Crippen LogP contribution in [0.15, 0.2) is 24.3 Å². The van der Waals surface area contributed by atoms with Gasteiger partial charge >= 0.3 is 15.6 Å². The topological polar surface area (TPSA) is 55.4 Å². The number of rotatable bonds is 6. The van der Waals surface area contributed by atoms with Crippen molar-refractivity contribution in [2.24, 2.45) is 0 Å². The first-order valence-electron chi connectivity index (χ1n) is 5.99. The van der Waals surface area contributed by atoms with Crippen LogP contribution in [0.2, 0.25) is 0 Å². The highest BCUT2D eigenvalue weighted by Gasteiger charge is 2.48. The lowest BCUT2D eigenvalue weighted by molar-refractivity contribution is -0.0500. The molecule has 0 fully saturated rings. The third-order valence-corrected chi connectivity index (χ3v) is 3.46. The van der Waals surface area contributed by atoms with Gasteiger partial charge in [-0.25, -0.2) is 0 Å². The Morgan fingerprint density at radius 3 is 2.55 bits per heavy atom. The van der Waals surface area contributed by atoms with Crippen LogP contribution in [0.1, 0.15) is 19.4 Å². The van der Waals surface area contributed by atoms with Crippen LogP contribution in [0.4, 0.5) is 13.2 Å². The van der Waals surface area contributed by atoms with E-state index >= 15 is 0 Å². The first-order valence-corrected chi connectivity index (χ1v) is 7.39. The van der Waals surface area contributed by atoms with Crippen molar-refractivity contribution in [1.82, 2.24) is 5.32 Å². The van der Waals surface area contributed by atoms with Gasteiger partial charge in [0.25, 0.3) is 0 Å². The van der Waals surface area contributed by atoms with E-state index in [4.69, 9.17) is 0 Å². The SMILES string of the molecule is CCNC(C)Cc1cccc(OS(=O)(=O)C(F)(F)F)c1. The van der Waals surface area contributed by atoms with Gasteiger partial charge in [-0.15, -0.1) is 0 Å². The Morgan fingerprint density at radius 2 is 2.00 bits per heavy atom. The molecule has 0 heterocycles. The van der Waals surface area contributed by atoms with Gasteiger partial charge in [-0.3, -0.25) is 0 Å². The Balaban J connectivity index is 2.84. The molecule has 1 aromatic rings. The molecule has 1 N–H and O–H groups in total. The molecule has 0 spiro atoms. The number of likely N-dealkylation sites (N-methyl/N-ethyl adjacent to an activating group) is 1. The fourth-order valence-corrected chi connectivity index (χ4v) is 2.12. The maximum atomic E-state index is 12.2. The summed E-state index contributed by atoms with van der Waals surface area (Å²) in [5.74, 6) is -0.344. The van der Waals surface area contributed by atoms with E-state index in [1.807, 2.05) is 13.8 Å². The molecule has 1 aromatic carbocycles. The molecule has 0 aliphatic rings. The summed E-state index contributed by atoms with van der Waals surface area (Å²) < 4.78 is 62.5. The van der Waals surface area contributed by atoms with Crippen LogP contribution >= 0.6 is 0 Å². The maximum absolute atomic E-state index is 12.2. The van der Waals surface area contributed by atoms with Gasteiger partial charge in [0.2, 0.25) is 0 Å². The smallest absolute Gasteiger partial charge is 0.376 e.